The van der Waals surface area contributed by atoms with Gasteiger partial charge in [-0.15, -0.1) is 0 Å². The fraction of sp³-hybridized carbons (Fsp3) is 0.170. The SMILES string of the molecule is CC1(C)c2ccccc2-c2cc(N(c3ccc(C4CCCCC4)cc3-c3ccccc3)c3ccc4ccccc4c3-c3cccc4ccccc34)ccc21. The van der Waals surface area contributed by atoms with E-state index < -0.39 is 0 Å². The fourth-order valence-corrected chi connectivity index (χ4v) is 9.72. The number of anilines is 3. The van der Waals surface area contributed by atoms with Crippen LogP contribution in [0.4, 0.5) is 17.1 Å². The Bertz CT molecular complexity index is 2670. The summed E-state index contributed by atoms with van der Waals surface area (Å²) in [5, 5.41) is 5.01. The molecule has 0 atom stereocenters. The molecule has 8 aromatic rings. The van der Waals surface area contributed by atoms with Crippen molar-refractivity contribution in [2.45, 2.75) is 57.3 Å². The largest absolute Gasteiger partial charge is 0.309 e. The summed E-state index contributed by atoms with van der Waals surface area (Å²) in [4.78, 5) is 2.57. The van der Waals surface area contributed by atoms with Gasteiger partial charge >= 0.3 is 0 Å². The standard InChI is InChI=1S/C53H45N/c1-53(2)48-27-14-13-25-44(48)47-35-41(30-31-49(47)53)54(50-32-29-40(36-16-5-3-6-17-36)34-46(50)38-18-7-4-8-19-38)51-33-28-39-21-10-12-24-43(39)52(51)45-26-15-22-37-20-9-11-23-42(37)45/h4,7-15,18-36H,3,5-6,16-17H2,1-2H3. The van der Waals surface area contributed by atoms with Crippen LogP contribution < -0.4 is 4.90 Å². The number of benzene rings is 8. The summed E-state index contributed by atoms with van der Waals surface area (Å²) in [6.07, 6.45) is 6.53. The van der Waals surface area contributed by atoms with Crippen LogP contribution in [0.5, 0.6) is 0 Å². The Balaban J connectivity index is 1.30. The number of hydrogen-bond donors (Lipinski definition) is 0. The van der Waals surface area contributed by atoms with Crippen LogP contribution in [0.2, 0.25) is 0 Å². The Morgan fingerprint density at radius 3 is 1.94 bits per heavy atom. The van der Waals surface area contributed by atoms with Crippen LogP contribution in [-0.4, -0.2) is 0 Å². The molecule has 1 heteroatoms. The maximum atomic E-state index is 2.57. The predicted octanol–water partition coefficient (Wildman–Crippen LogP) is 15.2. The van der Waals surface area contributed by atoms with Crippen LogP contribution in [0.25, 0.3) is 54.9 Å². The highest BCUT2D eigenvalue weighted by Gasteiger charge is 2.36. The van der Waals surface area contributed by atoms with Crippen molar-refractivity contribution in [3.63, 3.8) is 0 Å². The minimum Gasteiger partial charge on any atom is -0.309 e. The minimum atomic E-state index is -0.0663. The molecule has 8 aromatic carbocycles. The lowest BCUT2D eigenvalue weighted by Crippen LogP contribution is -2.16. The van der Waals surface area contributed by atoms with E-state index in [1.54, 1.807) is 0 Å². The highest BCUT2D eigenvalue weighted by molar-refractivity contribution is 6.12. The van der Waals surface area contributed by atoms with Crippen molar-refractivity contribution in [1.82, 2.24) is 0 Å². The topological polar surface area (TPSA) is 3.24 Å². The Hall–Kier alpha value is -5.92. The van der Waals surface area contributed by atoms with Gasteiger partial charge in [-0.1, -0.05) is 173 Å². The van der Waals surface area contributed by atoms with E-state index >= 15 is 0 Å². The number of hydrogen-bond acceptors (Lipinski definition) is 1. The zero-order valence-corrected chi connectivity index (χ0v) is 31.2. The highest BCUT2D eigenvalue weighted by atomic mass is 15.1. The monoisotopic (exact) mass is 695 g/mol. The average molecular weight is 696 g/mol. The third-order valence-electron chi connectivity index (χ3n) is 12.5. The number of fused-ring (bicyclic) bond motifs is 5. The summed E-state index contributed by atoms with van der Waals surface area (Å²) in [5.74, 6) is 0.606. The third-order valence-corrected chi connectivity index (χ3v) is 12.5. The van der Waals surface area contributed by atoms with E-state index in [4.69, 9.17) is 0 Å². The van der Waals surface area contributed by atoms with Crippen LogP contribution in [0, 0.1) is 0 Å². The zero-order valence-electron chi connectivity index (χ0n) is 31.2. The van der Waals surface area contributed by atoms with Gasteiger partial charge in [-0.25, -0.2) is 0 Å². The van der Waals surface area contributed by atoms with Crippen molar-refractivity contribution >= 4 is 38.6 Å². The van der Waals surface area contributed by atoms with Gasteiger partial charge in [0.25, 0.3) is 0 Å². The van der Waals surface area contributed by atoms with E-state index in [9.17, 15) is 0 Å². The van der Waals surface area contributed by atoms with Crippen LogP contribution in [0.3, 0.4) is 0 Å². The van der Waals surface area contributed by atoms with Crippen molar-refractivity contribution in [1.29, 1.82) is 0 Å². The third kappa shape index (κ3) is 5.37. The first-order chi connectivity index (χ1) is 26.6. The molecule has 0 aromatic heterocycles. The van der Waals surface area contributed by atoms with Crippen molar-refractivity contribution < 1.29 is 0 Å². The van der Waals surface area contributed by atoms with E-state index in [2.05, 4.69) is 189 Å². The summed E-state index contributed by atoms with van der Waals surface area (Å²) in [6.45, 7) is 4.74. The average Bonchev–Trinajstić information content (AvgIpc) is 3.46. The van der Waals surface area contributed by atoms with E-state index in [0.29, 0.717) is 5.92 Å². The molecular formula is C53H45N. The zero-order chi connectivity index (χ0) is 36.2. The van der Waals surface area contributed by atoms with Gasteiger partial charge in [0.05, 0.1) is 11.4 Å². The molecule has 0 saturated heterocycles. The highest BCUT2D eigenvalue weighted by Crippen LogP contribution is 2.53. The van der Waals surface area contributed by atoms with Gasteiger partial charge in [0, 0.05) is 22.2 Å². The summed E-state index contributed by atoms with van der Waals surface area (Å²) >= 11 is 0. The van der Waals surface area contributed by atoms with Crippen LogP contribution in [0.1, 0.15) is 68.6 Å². The summed E-state index contributed by atoms with van der Waals surface area (Å²) in [7, 11) is 0. The molecule has 1 nitrogen and oxygen atoms in total. The van der Waals surface area contributed by atoms with Gasteiger partial charge in [-0.3, -0.25) is 0 Å². The molecule has 2 aliphatic rings. The maximum absolute atomic E-state index is 2.57. The molecule has 1 fully saturated rings. The molecule has 0 unspecified atom stereocenters. The van der Waals surface area contributed by atoms with Gasteiger partial charge in [-0.05, 0) is 110 Å². The molecule has 0 radical (unpaired) electrons. The van der Waals surface area contributed by atoms with Crippen molar-refractivity contribution in [2.24, 2.45) is 0 Å². The lowest BCUT2D eigenvalue weighted by Gasteiger charge is -2.32. The first-order valence-corrected chi connectivity index (χ1v) is 19.8. The molecule has 1 saturated carbocycles. The smallest absolute Gasteiger partial charge is 0.0546 e. The predicted molar refractivity (Wildman–Crippen MR) is 230 cm³/mol. The van der Waals surface area contributed by atoms with Gasteiger partial charge in [0.2, 0.25) is 0 Å². The van der Waals surface area contributed by atoms with Gasteiger partial charge in [0.1, 0.15) is 0 Å². The lowest BCUT2D eigenvalue weighted by molar-refractivity contribution is 0.444. The van der Waals surface area contributed by atoms with Crippen molar-refractivity contribution in [3.8, 4) is 33.4 Å². The molecule has 0 bridgehead atoms. The normalized spacial score (nSPS) is 14.9. The summed E-state index contributed by atoms with van der Waals surface area (Å²) in [5.41, 5.74) is 15.4. The second-order valence-electron chi connectivity index (χ2n) is 15.9. The first-order valence-electron chi connectivity index (χ1n) is 19.8. The molecule has 0 aliphatic heterocycles. The van der Waals surface area contributed by atoms with Crippen LogP contribution in [-0.2, 0) is 5.41 Å². The maximum Gasteiger partial charge on any atom is 0.0546 e. The number of nitrogens with zero attached hydrogens (tertiary/aromatic N) is 1. The number of rotatable bonds is 6. The van der Waals surface area contributed by atoms with Crippen LogP contribution in [0.15, 0.2) is 170 Å². The Labute approximate surface area is 319 Å². The molecule has 2 aliphatic carbocycles. The minimum absolute atomic E-state index is 0.0663. The molecule has 0 N–H and O–H groups in total. The van der Waals surface area contributed by atoms with E-state index in [1.807, 2.05) is 0 Å². The summed E-state index contributed by atoms with van der Waals surface area (Å²) < 4.78 is 0. The Morgan fingerprint density at radius 2 is 1.11 bits per heavy atom. The van der Waals surface area contributed by atoms with E-state index in [0.717, 1.165) is 0 Å². The van der Waals surface area contributed by atoms with E-state index in [-0.39, 0.29) is 5.41 Å². The molecule has 54 heavy (non-hydrogen) atoms. The molecule has 0 amide bonds. The quantitative estimate of drug-likeness (QED) is 0.167. The van der Waals surface area contributed by atoms with Crippen LogP contribution >= 0.6 is 0 Å². The second kappa shape index (κ2) is 13.2. The van der Waals surface area contributed by atoms with Crippen molar-refractivity contribution in [3.05, 3.63) is 187 Å². The first kappa shape index (κ1) is 32.7. The Kier molecular flexibility index (Phi) is 7.99. The van der Waals surface area contributed by atoms with Crippen molar-refractivity contribution in [2.75, 3.05) is 4.90 Å². The molecule has 262 valence electrons. The van der Waals surface area contributed by atoms with Gasteiger partial charge < -0.3 is 4.90 Å². The van der Waals surface area contributed by atoms with E-state index in [1.165, 1.54) is 121 Å². The lowest BCUT2D eigenvalue weighted by atomic mass is 9.82. The molecular weight excluding hydrogens is 651 g/mol. The fourth-order valence-electron chi connectivity index (χ4n) is 9.72. The molecule has 10 rings (SSSR count). The molecule has 0 spiro atoms. The second-order valence-corrected chi connectivity index (χ2v) is 15.9. The van der Waals surface area contributed by atoms with Gasteiger partial charge in [-0.2, -0.15) is 0 Å². The Morgan fingerprint density at radius 1 is 0.463 bits per heavy atom. The summed E-state index contributed by atoms with van der Waals surface area (Å²) in [6, 6.07) is 63.9. The van der Waals surface area contributed by atoms with Gasteiger partial charge in [0.15, 0.2) is 0 Å². The molecule has 0 heterocycles.